The molecule has 0 radical (unpaired) electrons. The van der Waals surface area contributed by atoms with Crippen molar-refractivity contribution in [3.8, 4) is 0 Å². The highest BCUT2D eigenvalue weighted by Crippen LogP contribution is 2.21. The molecule has 0 aliphatic carbocycles. The van der Waals surface area contributed by atoms with Crippen LogP contribution < -0.4 is 10.2 Å². The Morgan fingerprint density at radius 2 is 1.81 bits per heavy atom. The average molecular weight is 290 g/mol. The average Bonchev–Trinajstić information content (AvgIpc) is 2.55. The zero-order chi connectivity index (χ0) is 15.1. The van der Waals surface area contributed by atoms with Gasteiger partial charge < -0.3 is 15.3 Å². The molecule has 1 aromatic carbocycles. The van der Waals surface area contributed by atoms with Crippen LogP contribution in [0.4, 0.5) is 5.69 Å². The van der Waals surface area contributed by atoms with E-state index in [2.05, 4.69) is 48.3 Å². The van der Waals surface area contributed by atoms with Crippen molar-refractivity contribution in [1.82, 2.24) is 5.32 Å². The van der Waals surface area contributed by atoms with E-state index < -0.39 is 0 Å². The number of rotatable bonds is 7. The second kappa shape index (κ2) is 7.81. The molecule has 2 N–H and O–H groups in total. The minimum atomic E-state index is 0.0281. The summed E-state index contributed by atoms with van der Waals surface area (Å²) in [6.07, 6.45) is 5.84. The molecule has 1 fully saturated rings. The van der Waals surface area contributed by atoms with Gasteiger partial charge in [-0.2, -0.15) is 0 Å². The summed E-state index contributed by atoms with van der Waals surface area (Å²) in [4.78, 5) is 2.49. The Balaban J connectivity index is 1.90. The quantitative estimate of drug-likeness (QED) is 0.808. The number of nitrogens with zero attached hydrogens (tertiary/aromatic N) is 1. The molecule has 0 saturated carbocycles. The van der Waals surface area contributed by atoms with Crippen LogP contribution in [-0.2, 0) is 6.54 Å². The molecule has 118 valence electrons. The van der Waals surface area contributed by atoms with Gasteiger partial charge in [0.1, 0.15) is 0 Å². The van der Waals surface area contributed by atoms with Crippen LogP contribution >= 0.6 is 0 Å². The van der Waals surface area contributed by atoms with Gasteiger partial charge in [-0.3, -0.25) is 0 Å². The first-order chi connectivity index (χ1) is 10.2. The van der Waals surface area contributed by atoms with Gasteiger partial charge in [0.15, 0.2) is 0 Å². The van der Waals surface area contributed by atoms with E-state index in [0.717, 1.165) is 19.4 Å². The van der Waals surface area contributed by atoms with Crippen molar-refractivity contribution < 1.29 is 5.11 Å². The number of anilines is 1. The first-order valence-electron chi connectivity index (χ1n) is 8.36. The molecule has 0 aromatic heterocycles. The molecule has 1 unspecified atom stereocenters. The Morgan fingerprint density at radius 3 is 2.38 bits per heavy atom. The zero-order valence-electron chi connectivity index (χ0n) is 13.6. The molecule has 1 aliphatic heterocycles. The molecule has 1 atom stereocenters. The van der Waals surface area contributed by atoms with Crippen molar-refractivity contribution in [3.63, 3.8) is 0 Å². The molecule has 0 amide bonds. The molecule has 1 saturated heterocycles. The first-order valence-corrected chi connectivity index (χ1v) is 8.36. The minimum Gasteiger partial charge on any atom is -0.396 e. The zero-order valence-corrected chi connectivity index (χ0v) is 13.6. The van der Waals surface area contributed by atoms with Crippen molar-refractivity contribution in [3.05, 3.63) is 29.8 Å². The number of aliphatic hydroxyl groups is 1. The standard InChI is InChI=1S/C18H30N2O/c1-3-18(2,11-14-21)19-15-16-7-9-17(10-8-16)20-12-5-4-6-13-20/h7-10,19,21H,3-6,11-15H2,1-2H3. The van der Waals surface area contributed by atoms with Gasteiger partial charge in [0.2, 0.25) is 0 Å². The van der Waals surface area contributed by atoms with E-state index in [1.807, 2.05) is 0 Å². The predicted octanol–water partition coefficient (Wildman–Crippen LogP) is 3.32. The fourth-order valence-electron chi connectivity index (χ4n) is 2.93. The Labute approximate surface area is 129 Å². The van der Waals surface area contributed by atoms with E-state index in [4.69, 9.17) is 5.11 Å². The summed E-state index contributed by atoms with van der Waals surface area (Å²) in [5.41, 5.74) is 2.70. The summed E-state index contributed by atoms with van der Waals surface area (Å²) in [6, 6.07) is 8.95. The van der Waals surface area contributed by atoms with Crippen LogP contribution in [0.5, 0.6) is 0 Å². The van der Waals surface area contributed by atoms with Crippen LogP contribution in [0.15, 0.2) is 24.3 Å². The summed E-state index contributed by atoms with van der Waals surface area (Å²) in [6.45, 7) is 7.85. The molecule has 3 nitrogen and oxygen atoms in total. The van der Waals surface area contributed by atoms with Gasteiger partial charge in [0.25, 0.3) is 0 Å². The number of benzene rings is 1. The van der Waals surface area contributed by atoms with Crippen LogP contribution in [0.1, 0.15) is 51.5 Å². The molecule has 1 aliphatic rings. The summed E-state index contributed by atoms with van der Waals surface area (Å²) in [5, 5.41) is 12.8. The SMILES string of the molecule is CCC(C)(CCO)NCc1ccc(N2CCCCC2)cc1. The van der Waals surface area contributed by atoms with Crippen LogP contribution in [0.25, 0.3) is 0 Å². The third-order valence-electron chi connectivity index (χ3n) is 4.82. The molecule has 1 aromatic rings. The van der Waals surface area contributed by atoms with Gasteiger partial charge in [-0.1, -0.05) is 19.1 Å². The van der Waals surface area contributed by atoms with Gasteiger partial charge in [0.05, 0.1) is 0 Å². The van der Waals surface area contributed by atoms with Crippen LogP contribution in [0.3, 0.4) is 0 Å². The highest BCUT2D eigenvalue weighted by molar-refractivity contribution is 5.47. The Bertz CT molecular complexity index is 412. The Kier molecular flexibility index (Phi) is 6.07. The molecule has 1 heterocycles. The van der Waals surface area contributed by atoms with E-state index >= 15 is 0 Å². The molecule has 0 spiro atoms. The molecule has 2 rings (SSSR count). The third-order valence-corrected chi connectivity index (χ3v) is 4.82. The molecular formula is C18H30N2O. The lowest BCUT2D eigenvalue weighted by atomic mass is 9.94. The van der Waals surface area contributed by atoms with Crippen molar-refractivity contribution in [2.75, 3.05) is 24.6 Å². The van der Waals surface area contributed by atoms with Gasteiger partial charge in [-0.05, 0) is 56.7 Å². The number of nitrogens with one attached hydrogen (secondary N) is 1. The van der Waals surface area contributed by atoms with Crippen LogP contribution in [0, 0.1) is 0 Å². The fourth-order valence-corrected chi connectivity index (χ4v) is 2.93. The van der Waals surface area contributed by atoms with Crippen molar-refractivity contribution in [2.24, 2.45) is 0 Å². The maximum absolute atomic E-state index is 9.17. The molecule has 3 heteroatoms. The topological polar surface area (TPSA) is 35.5 Å². The summed E-state index contributed by atoms with van der Waals surface area (Å²) >= 11 is 0. The Hall–Kier alpha value is -1.06. The van der Waals surface area contributed by atoms with E-state index in [1.165, 1.54) is 43.6 Å². The molecule has 21 heavy (non-hydrogen) atoms. The lowest BCUT2D eigenvalue weighted by molar-refractivity contribution is 0.214. The second-order valence-electron chi connectivity index (χ2n) is 6.46. The third kappa shape index (κ3) is 4.72. The highest BCUT2D eigenvalue weighted by atomic mass is 16.3. The minimum absolute atomic E-state index is 0.0281. The van der Waals surface area contributed by atoms with E-state index in [-0.39, 0.29) is 12.1 Å². The van der Waals surface area contributed by atoms with Crippen molar-refractivity contribution in [2.45, 2.75) is 58.0 Å². The van der Waals surface area contributed by atoms with Gasteiger partial charge in [-0.15, -0.1) is 0 Å². The number of aliphatic hydroxyl groups excluding tert-OH is 1. The highest BCUT2D eigenvalue weighted by Gasteiger charge is 2.20. The summed E-state index contributed by atoms with van der Waals surface area (Å²) < 4.78 is 0. The summed E-state index contributed by atoms with van der Waals surface area (Å²) in [5.74, 6) is 0. The van der Waals surface area contributed by atoms with E-state index in [9.17, 15) is 0 Å². The first kappa shape index (κ1) is 16.3. The maximum atomic E-state index is 9.17. The van der Waals surface area contributed by atoms with Crippen LogP contribution in [-0.4, -0.2) is 30.3 Å². The number of hydrogen-bond donors (Lipinski definition) is 2. The lowest BCUT2D eigenvalue weighted by Crippen LogP contribution is -2.42. The van der Waals surface area contributed by atoms with Crippen molar-refractivity contribution in [1.29, 1.82) is 0 Å². The summed E-state index contributed by atoms with van der Waals surface area (Å²) in [7, 11) is 0. The maximum Gasteiger partial charge on any atom is 0.0448 e. The van der Waals surface area contributed by atoms with Crippen molar-refractivity contribution >= 4 is 5.69 Å². The molecular weight excluding hydrogens is 260 g/mol. The predicted molar refractivity (Wildman–Crippen MR) is 89.7 cm³/mol. The van der Waals surface area contributed by atoms with Gasteiger partial charge in [0, 0.05) is 37.5 Å². The van der Waals surface area contributed by atoms with Gasteiger partial charge >= 0.3 is 0 Å². The second-order valence-corrected chi connectivity index (χ2v) is 6.46. The van der Waals surface area contributed by atoms with Gasteiger partial charge in [-0.25, -0.2) is 0 Å². The van der Waals surface area contributed by atoms with Crippen LogP contribution in [0.2, 0.25) is 0 Å². The lowest BCUT2D eigenvalue weighted by Gasteiger charge is -2.30. The largest absolute Gasteiger partial charge is 0.396 e. The smallest absolute Gasteiger partial charge is 0.0448 e. The normalized spacial score (nSPS) is 18.5. The Morgan fingerprint density at radius 1 is 1.14 bits per heavy atom. The number of hydrogen-bond acceptors (Lipinski definition) is 3. The number of piperidine rings is 1. The molecule has 0 bridgehead atoms. The monoisotopic (exact) mass is 290 g/mol. The fraction of sp³-hybridized carbons (Fsp3) is 0.667. The van der Waals surface area contributed by atoms with E-state index in [0.29, 0.717) is 0 Å². The van der Waals surface area contributed by atoms with E-state index in [1.54, 1.807) is 0 Å².